The summed E-state index contributed by atoms with van der Waals surface area (Å²) in [6.07, 6.45) is 3.68. The minimum absolute atomic E-state index is 0.299. The number of nitrogens with one attached hydrogen (secondary N) is 1. The van der Waals surface area contributed by atoms with Gasteiger partial charge in [0.25, 0.3) is 0 Å². The summed E-state index contributed by atoms with van der Waals surface area (Å²) in [5.41, 5.74) is 5.79. The van der Waals surface area contributed by atoms with Crippen molar-refractivity contribution in [2.24, 2.45) is 4.99 Å². The van der Waals surface area contributed by atoms with Crippen LogP contribution in [0.3, 0.4) is 0 Å². The van der Waals surface area contributed by atoms with E-state index in [1.807, 2.05) is 11.3 Å². The van der Waals surface area contributed by atoms with E-state index in [0.29, 0.717) is 6.04 Å². The lowest BCUT2D eigenvalue weighted by atomic mass is 9.99. The number of rotatable bonds is 1. The molecule has 0 fully saturated rings. The van der Waals surface area contributed by atoms with Crippen LogP contribution in [-0.4, -0.2) is 5.84 Å². The lowest BCUT2D eigenvalue weighted by molar-refractivity contribution is 0.775. The fraction of sp³-hybridized carbons (Fsp3) is 0.500. The molecule has 17 heavy (non-hydrogen) atoms. The molecule has 0 saturated carbocycles. The van der Waals surface area contributed by atoms with Crippen molar-refractivity contribution < 1.29 is 0 Å². The molecule has 2 aliphatic rings. The van der Waals surface area contributed by atoms with Gasteiger partial charge in [-0.05, 0) is 62.1 Å². The second-order valence-corrected chi connectivity index (χ2v) is 5.92. The van der Waals surface area contributed by atoms with Crippen LogP contribution in [0.4, 0.5) is 0 Å². The zero-order chi connectivity index (χ0) is 12.0. The van der Waals surface area contributed by atoms with E-state index in [9.17, 15) is 0 Å². The molecule has 0 bridgehead atoms. The molecule has 1 atom stereocenters. The molecule has 0 saturated heterocycles. The van der Waals surface area contributed by atoms with Crippen LogP contribution in [0.5, 0.6) is 0 Å². The van der Waals surface area contributed by atoms with Crippen LogP contribution in [0.25, 0.3) is 0 Å². The number of thiophene rings is 1. The molecule has 0 radical (unpaired) electrons. The van der Waals surface area contributed by atoms with Gasteiger partial charge in [0.15, 0.2) is 0 Å². The average Bonchev–Trinajstić information content (AvgIpc) is 2.87. The number of amidine groups is 1. The maximum Gasteiger partial charge on any atom is 0.109 e. The summed E-state index contributed by atoms with van der Waals surface area (Å²) in [4.78, 5) is 6.27. The highest BCUT2D eigenvalue weighted by Crippen LogP contribution is 2.42. The molecule has 2 nitrogen and oxygen atoms in total. The number of allylic oxidation sites excluding steroid dienone is 1. The normalized spacial score (nSPS) is 23.5. The molecule has 1 aliphatic heterocycles. The van der Waals surface area contributed by atoms with Gasteiger partial charge in [0.2, 0.25) is 0 Å². The predicted molar refractivity (Wildman–Crippen MR) is 73.7 cm³/mol. The van der Waals surface area contributed by atoms with Crippen LogP contribution in [0.2, 0.25) is 0 Å². The molecule has 1 unspecified atom stereocenters. The van der Waals surface area contributed by atoms with Crippen LogP contribution in [-0.2, 0) is 0 Å². The third-order valence-electron chi connectivity index (χ3n) is 3.82. The fourth-order valence-corrected chi connectivity index (χ4v) is 3.89. The van der Waals surface area contributed by atoms with Crippen LogP contribution >= 0.6 is 11.3 Å². The Balaban J connectivity index is 2.06. The zero-order valence-electron chi connectivity index (χ0n) is 10.6. The standard InChI is InChI=1S/C14H18N2S/c1-8-7-17-14(9(8)2)13-11-5-4-6-12(11)15-10(3)16-13/h7,13H,4-6H2,1-3H3,(H,15,16). The maximum absolute atomic E-state index is 4.83. The van der Waals surface area contributed by atoms with Gasteiger partial charge in [-0.3, -0.25) is 4.99 Å². The number of aryl methyl sites for hydroxylation is 1. The van der Waals surface area contributed by atoms with Crippen LogP contribution in [0.15, 0.2) is 21.6 Å². The highest BCUT2D eigenvalue weighted by Gasteiger charge is 2.29. The molecule has 0 spiro atoms. The molecular weight excluding hydrogens is 228 g/mol. The predicted octanol–water partition coefficient (Wildman–Crippen LogP) is 3.87. The minimum atomic E-state index is 0.299. The molecule has 1 aliphatic carbocycles. The van der Waals surface area contributed by atoms with E-state index in [4.69, 9.17) is 4.99 Å². The number of hydrogen-bond donors (Lipinski definition) is 1. The van der Waals surface area contributed by atoms with Gasteiger partial charge in [0.1, 0.15) is 6.04 Å². The summed E-state index contributed by atoms with van der Waals surface area (Å²) >= 11 is 1.86. The van der Waals surface area contributed by atoms with Gasteiger partial charge in [0.05, 0.1) is 5.84 Å². The van der Waals surface area contributed by atoms with Crippen molar-refractivity contribution in [3.05, 3.63) is 32.7 Å². The Kier molecular flexibility index (Phi) is 2.58. The van der Waals surface area contributed by atoms with Crippen molar-refractivity contribution >= 4 is 17.2 Å². The summed E-state index contributed by atoms with van der Waals surface area (Å²) < 4.78 is 0. The zero-order valence-corrected chi connectivity index (χ0v) is 11.4. The monoisotopic (exact) mass is 246 g/mol. The minimum Gasteiger partial charge on any atom is -0.348 e. The fourth-order valence-electron chi connectivity index (χ4n) is 2.74. The van der Waals surface area contributed by atoms with Gasteiger partial charge in [-0.1, -0.05) is 0 Å². The van der Waals surface area contributed by atoms with Crippen LogP contribution < -0.4 is 5.32 Å². The summed E-state index contributed by atoms with van der Waals surface area (Å²) in [5.74, 6) is 1.07. The van der Waals surface area contributed by atoms with Crippen LogP contribution in [0, 0.1) is 13.8 Å². The van der Waals surface area contributed by atoms with Gasteiger partial charge >= 0.3 is 0 Å². The first-order valence-corrected chi connectivity index (χ1v) is 7.12. The van der Waals surface area contributed by atoms with Crippen molar-refractivity contribution in [3.8, 4) is 0 Å². The number of hydrogen-bond acceptors (Lipinski definition) is 3. The third-order valence-corrected chi connectivity index (χ3v) is 5.07. The molecule has 1 aromatic heterocycles. The first kappa shape index (κ1) is 11.0. The summed E-state index contributed by atoms with van der Waals surface area (Å²) in [6, 6.07) is 0.299. The molecule has 1 N–H and O–H groups in total. The van der Waals surface area contributed by atoms with Crippen molar-refractivity contribution in [1.29, 1.82) is 0 Å². The molecule has 2 heterocycles. The van der Waals surface area contributed by atoms with E-state index >= 15 is 0 Å². The lowest BCUT2D eigenvalue weighted by Gasteiger charge is -2.23. The van der Waals surface area contributed by atoms with Gasteiger partial charge in [-0.2, -0.15) is 0 Å². The van der Waals surface area contributed by atoms with Crippen molar-refractivity contribution in [1.82, 2.24) is 5.32 Å². The Hall–Kier alpha value is -1.09. The lowest BCUT2D eigenvalue weighted by Crippen LogP contribution is -2.25. The molecule has 0 amide bonds. The summed E-state index contributed by atoms with van der Waals surface area (Å²) in [7, 11) is 0. The Morgan fingerprint density at radius 1 is 1.29 bits per heavy atom. The molecular formula is C14H18N2S. The molecule has 3 heteroatoms. The topological polar surface area (TPSA) is 24.4 Å². The van der Waals surface area contributed by atoms with Crippen molar-refractivity contribution in [2.75, 3.05) is 0 Å². The van der Waals surface area contributed by atoms with E-state index in [1.54, 1.807) is 0 Å². The van der Waals surface area contributed by atoms with Crippen LogP contribution in [0.1, 0.15) is 48.2 Å². The summed E-state index contributed by atoms with van der Waals surface area (Å²) in [5, 5.41) is 5.70. The summed E-state index contributed by atoms with van der Waals surface area (Å²) in [6.45, 7) is 6.49. The Bertz CT molecular complexity index is 522. The van der Waals surface area contributed by atoms with Gasteiger partial charge in [-0.25, -0.2) is 0 Å². The third kappa shape index (κ3) is 1.73. The van der Waals surface area contributed by atoms with E-state index in [0.717, 1.165) is 5.84 Å². The largest absolute Gasteiger partial charge is 0.348 e. The van der Waals surface area contributed by atoms with E-state index in [-0.39, 0.29) is 0 Å². The van der Waals surface area contributed by atoms with E-state index in [1.165, 1.54) is 46.5 Å². The molecule has 1 aromatic rings. The van der Waals surface area contributed by atoms with Crippen molar-refractivity contribution in [2.45, 2.75) is 46.1 Å². The number of nitrogens with zero attached hydrogens (tertiary/aromatic N) is 1. The maximum atomic E-state index is 4.83. The Labute approximate surface area is 106 Å². The highest BCUT2D eigenvalue weighted by molar-refractivity contribution is 7.10. The van der Waals surface area contributed by atoms with Gasteiger partial charge in [-0.15, -0.1) is 11.3 Å². The second-order valence-electron chi connectivity index (χ2n) is 5.01. The van der Waals surface area contributed by atoms with Gasteiger partial charge in [0, 0.05) is 10.6 Å². The Morgan fingerprint density at radius 2 is 2.12 bits per heavy atom. The first-order valence-electron chi connectivity index (χ1n) is 6.24. The van der Waals surface area contributed by atoms with Crippen molar-refractivity contribution in [3.63, 3.8) is 0 Å². The SMILES string of the molecule is CC1=NC(c2scc(C)c2C)C2=C(CCC2)N1. The Morgan fingerprint density at radius 3 is 2.82 bits per heavy atom. The second kappa shape index (κ2) is 3.98. The molecule has 90 valence electrons. The number of aliphatic imine (C=N–C) groups is 1. The quantitative estimate of drug-likeness (QED) is 0.799. The average molecular weight is 246 g/mol. The van der Waals surface area contributed by atoms with E-state index in [2.05, 4.69) is 31.5 Å². The first-order chi connectivity index (χ1) is 8.16. The molecule has 3 rings (SSSR count). The smallest absolute Gasteiger partial charge is 0.109 e. The van der Waals surface area contributed by atoms with Gasteiger partial charge < -0.3 is 5.32 Å². The van der Waals surface area contributed by atoms with E-state index < -0.39 is 0 Å². The molecule has 0 aromatic carbocycles. The highest BCUT2D eigenvalue weighted by atomic mass is 32.1.